The van der Waals surface area contributed by atoms with E-state index in [1.54, 1.807) is 0 Å². The van der Waals surface area contributed by atoms with Crippen molar-refractivity contribution in [3.63, 3.8) is 0 Å². The van der Waals surface area contributed by atoms with Gasteiger partial charge in [-0.05, 0) is 48.1 Å². The second-order valence-electron chi connectivity index (χ2n) is 5.32. The number of fused-ring (bicyclic) bond motifs is 1. The standard InChI is InChI=1S/C16H18BrNS2/c1-10-9-15(14-7-8-19-16(14)20-10)18-11(2)12-3-5-13(17)6-4-12/h3-8,10-11,15,18H,9H2,1-2H3/t10-,11?,15?/m0/s1. The summed E-state index contributed by atoms with van der Waals surface area (Å²) in [6.45, 7) is 4.58. The molecule has 0 fully saturated rings. The summed E-state index contributed by atoms with van der Waals surface area (Å²) in [6.07, 6.45) is 1.20. The minimum atomic E-state index is 0.371. The number of hydrogen-bond donors (Lipinski definition) is 1. The Balaban J connectivity index is 1.76. The lowest BCUT2D eigenvalue weighted by Gasteiger charge is -2.30. The predicted octanol–water partition coefficient (Wildman–Crippen LogP) is 5.79. The lowest BCUT2D eigenvalue weighted by molar-refractivity contribution is 0.435. The molecule has 4 heteroatoms. The zero-order valence-electron chi connectivity index (χ0n) is 11.6. The van der Waals surface area contributed by atoms with Crippen LogP contribution in [0.25, 0.3) is 0 Å². The van der Waals surface area contributed by atoms with Crippen molar-refractivity contribution in [2.75, 3.05) is 0 Å². The fraction of sp³-hybridized carbons (Fsp3) is 0.375. The Morgan fingerprint density at radius 2 is 2.00 bits per heavy atom. The van der Waals surface area contributed by atoms with Gasteiger partial charge < -0.3 is 5.32 Å². The van der Waals surface area contributed by atoms with Crippen molar-refractivity contribution >= 4 is 39.0 Å². The highest BCUT2D eigenvalue weighted by molar-refractivity contribution is 9.10. The summed E-state index contributed by atoms with van der Waals surface area (Å²) < 4.78 is 2.63. The first-order chi connectivity index (χ1) is 9.63. The number of rotatable bonds is 3. The number of hydrogen-bond acceptors (Lipinski definition) is 3. The van der Waals surface area contributed by atoms with E-state index < -0.39 is 0 Å². The molecule has 0 saturated carbocycles. The van der Waals surface area contributed by atoms with Gasteiger partial charge in [-0.3, -0.25) is 0 Å². The molecule has 1 nitrogen and oxygen atoms in total. The van der Waals surface area contributed by atoms with Crippen LogP contribution >= 0.6 is 39.0 Å². The molecule has 1 aliphatic heterocycles. The summed E-state index contributed by atoms with van der Waals surface area (Å²) in [7, 11) is 0. The summed E-state index contributed by atoms with van der Waals surface area (Å²) in [4.78, 5) is 0. The fourth-order valence-corrected chi connectivity index (χ4v) is 5.49. The van der Waals surface area contributed by atoms with Crippen LogP contribution in [-0.2, 0) is 0 Å². The zero-order chi connectivity index (χ0) is 14.1. The maximum atomic E-state index is 3.81. The van der Waals surface area contributed by atoms with Crippen molar-refractivity contribution in [1.29, 1.82) is 0 Å². The molecule has 20 heavy (non-hydrogen) atoms. The monoisotopic (exact) mass is 367 g/mol. The molecule has 2 unspecified atom stereocenters. The molecule has 0 bridgehead atoms. The Hall–Kier alpha value is -0.290. The minimum absolute atomic E-state index is 0.371. The Morgan fingerprint density at radius 3 is 2.75 bits per heavy atom. The lowest BCUT2D eigenvalue weighted by Crippen LogP contribution is -2.28. The van der Waals surface area contributed by atoms with E-state index in [2.05, 4.69) is 70.8 Å². The fourth-order valence-electron chi connectivity index (χ4n) is 2.66. The van der Waals surface area contributed by atoms with E-state index in [9.17, 15) is 0 Å². The third kappa shape index (κ3) is 3.14. The molecular formula is C16H18BrNS2. The zero-order valence-corrected chi connectivity index (χ0v) is 14.8. The first-order valence-corrected chi connectivity index (χ1v) is 9.44. The molecule has 1 aromatic carbocycles. The molecule has 1 N–H and O–H groups in total. The minimum Gasteiger partial charge on any atom is -0.303 e. The molecule has 1 aliphatic rings. The molecular weight excluding hydrogens is 350 g/mol. The van der Waals surface area contributed by atoms with E-state index in [0.717, 1.165) is 4.47 Å². The molecule has 0 spiro atoms. The second kappa shape index (κ2) is 6.22. The van der Waals surface area contributed by atoms with Gasteiger partial charge in [-0.1, -0.05) is 35.0 Å². The summed E-state index contributed by atoms with van der Waals surface area (Å²) in [6, 6.07) is 11.7. The van der Waals surface area contributed by atoms with Gasteiger partial charge in [0.05, 0.1) is 4.21 Å². The highest BCUT2D eigenvalue weighted by Gasteiger charge is 2.27. The van der Waals surface area contributed by atoms with E-state index in [1.807, 2.05) is 23.1 Å². The van der Waals surface area contributed by atoms with Gasteiger partial charge in [-0.15, -0.1) is 23.1 Å². The van der Waals surface area contributed by atoms with Crippen LogP contribution < -0.4 is 5.32 Å². The number of nitrogens with one attached hydrogen (secondary N) is 1. The largest absolute Gasteiger partial charge is 0.303 e. The first-order valence-electron chi connectivity index (χ1n) is 6.89. The molecule has 3 atom stereocenters. The third-order valence-electron chi connectivity index (χ3n) is 3.73. The van der Waals surface area contributed by atoms with Gasteiger partial charge in [0.25, 0.3) is 0 Å². The van der Waals surface area contributed by atoms with Crippen LogP contribution in [-0.4, -0.2) is 5.25 Å². The van der Waals surface area contributed by atoms with E-state index in [1.165, 1.54) is 21.8 Å². The Labute approximate surface area is 137 Å². The van der Waals surface area contributed by atoms with Crippen LogP contribution in [0.4, 0.5) is 0 Å². The Bertz CT molecular complexity index is 578. The number of thioether (sulfide) groups is 1. The maximum absolute atomic E-state index is 3.81. The van der Waals surface area contributed by atoms with Crippen molar-refractivity contribution in [2.45, 2.75) is 41.8 Å². The first kappa shape index (κ1) is 14.6. The smallest absolute Gasteiger partial charge is 0.0649 e. The Kier molecular flexibility index (Phi) is 4.55. The average Bonchev–Trinajstić information content (AvgIpc) is 2.87. The summed E-state index contributed by atoms with van der Waals surface area (Å²) in [5.74, 6) is 0. The number of benzene rings is 1. The third-order valence-corrected chi connectivity index (χ3v) is 6.60. The van der Waals surface area contributed by atoms with Gasteiger partial charge in [0, 0.05) is 21.8 Å². The summed E-state index contributed by atoms with van der Waals surface area (Å²) >= 11 is 7.39. The highest BCUT2D eigenvalue weighted by atomic mass is 79.9. The van der Waals surface area contributed by atoms with Gasteiger partial charge in [0.15, 0.2) is 0 Å². The van der Waals surface area contributed by atoms with Crippen molar-refractivity contribution in [3.05, 3.63) is 51.3 Å². The topological polar surface area (TPSA) is 12.0 Å². The summed E-state index contributed by atoms with van der Waals surface area (Å²) in [5, 5.41) is 6.71. The molecule has 3 rings (SSSR count). The van der Waals surface area contributed by atoms with Gasteiger partial charge >= 0.3 is 0 Å². The number of halogens is 1. The van der Waals surface area contributed by atoms with Crippen LogP contribution in [0.2, 0.25) is 0 Å². The molecule has 0 aliphatic carbocycles. The average molecular weight is 368 g/mol. The van der Waals surface area contributed by atoms with Crippen molar-refractivity contribution < 1.29 is 0 Å². The molecule has 1 aromatic heterocycles. The van der Waals surface area contributed by atoms with Crippen LogP contribution in [0, 0.1) is 0 Å². The molecule has 0 radical (unpaired) electrons. The molecule has 0 saturated heterocycles. The van der Waals surface area contributed by atoms with Crippen molar-refractivity contribution in [1.82, 2.24) is 5.32 Å². The highest BCUT2D eigenvalue weighted by Crippen LogP contribution is 2.44. The quantitative estimate of drug-likeness (QED) is 0.736. The normalized spacial score (nSPS) is 23.4. The van der Waals surface area contributed by atoms with E-state index >= 15 is 0 Å². The molecule has 2 heterocycles. The van der Waals surface area contributed by atoms with Crippen LogP contribution in [0.3, 0.4) is 0 Å². The molecule has 0 amide bonds. The summed E-state index contributed by atoms with van der Waals surface area (Å²) in [5.41, 5.74) is 2.83. The molecule has 2 aromatic rings. The van der Waals surface area contributed by atoms with Crippen LogP contribution in [0.15, 0.2) is 44.4 Å². The van der Waals surface area contributed by atoms with Crippen LogP contribution in [0.5, 0.6) is 0 Å². The van der Waals surface area contributed by atoms with Gasteiger partial charge in [-0.2, -0.15) is 0 Å². The maximum Gasteiger partial charge on any atom is 0.0649 e. The second-order valence-corrected chi connectivity index (χ2v) is 8.86. The Morgan fingerprint density at radius 1 is 1.25 bits per heavy atom. The van der Waals surface area contributed by atoms with E-state index in [4.69, 9.17) is 0 Å². The van der Waals surface area contributed by atoms with Crippen molar-refractivity contribution in [2.24, 2.45) is 0 Å². The SMILES string of the molecule is CC(NC1C[C@H](C)Sc2sccc21)c1ccc(Br)cc1. The predicted molar refractivity (Wildman–Crippen MR) is 92.7 cm³/mol. The van der Waals surface area contributed by atoms with Crippen LogP contribution in [0.1, 0.15) is 43.5 Å². The van der Waals surface area contributed by atoms with E-state index in [-0.39, 0.29) is 0 Å². The number of thiophene rings is 1. The van der Waals surface area contributed by atoms with Crippen molar-refractivity contribution in [3.8, 4) is 0 Å². The van der Waals surface area contributed by atoms with Gasteiger partial charge in [-0.25, -0.2) is 0 Å². The lowest BCUT2D eigenvalue weighted by atomic mass is 10.0. The molecule has 106 valence electrons. The van der Waals surface area contributed by atoms with E-state index in [0.29, 0.717) is 17.3 Å². The van der Waals surface area contributed by atoms with Gasteiger partial charge in [0.1, 0.15) is 0 Å². The van der Waals surface area contributed by atoms with Gasteiger partial charge in [0.2, 0.25) is 0 Å².